The van der Waals surface area contributed by atoms with Crippen LogP contribution >= 0.6 is 15.9 Å². The van der Waals surface area contributed by atoms with E-state index in [-0.39, 0.29) is 39.7 Å². The van der Waals surface area contributed by atoms with Gasteiger partial charge in [0.25, 0.3) is 5.91 Å². The fraction of sp³-hybridized carbons (Fsp3) is 0.708. The number of hydrogen-bond donors (Lipinski definition) is 1. The van der Waals surface area contributed by atoms with Crippen LogP contribution in [0.4, 0.5) is 13.2 Å². The van der Waals surface area contributed by atoms with Crippen molar-refractivity contribution in [3.63, 3.8) is 0 Å². The molecule has 2 aliphatic carbocycles. The first-order chi connectivity index (χ1) is 14.3. The maximum atomic E-state index is 14.1. The molecule has 5 atom stereocenters. The van der Waals surface area contributed by atoms with E-state index < -0.39 is 28.7 Å². The molecule has 7 heteroatoms. The van der Waals surface area contributed by atoms with Crippen LogP contribution in [0.5, 0.6) is 5.75 Å². The highest BCUT2D eigenvalue weighted by Gasteiger charge is 2.67. The summed E-state index contributed by atoms with van der Waals surface area (Å²) in [6.45, 7) is 9.07. The minimum atomic E-state index is -4.53. The second-order valence-electron chi connectivity index (χ2n) is 11.0. The molecule has 1 aromatic carbocycles. The van der Waals surface area contributed by atoms with Gasteiger partial charge in [-0.2, -0.15) is 13.2 Å². The third-order valence-electron chi connectivity index (χ3n) is 9.01. The Morgan fingerprint density at radius 2 is 1.87 bits per heavy atom. The largest absolute Gasteiger partial charge is 0.486 e. The number of nitrogens with one attached hydrogen (secondary N) is 1. The molecule has 5 rings (SSSR count). The molecular weight excluding hydrogens is 471 g/mol. The molecule has 1 spiro atoms. The average molecular weight is 500 g/mol. The minimum absolute atomic E-state index is 0.00417. The summed E-state index contributed by atoms with van der Waals surface area (Å²) in [7, 11) is 0. The standard InChI is InChI=1S/C24H29BrF3NO2/c1-12-5-6-18-21(2,3)8-13(25)9-23(18)22(12,4)10-15-17(24(26,27)28)7-14-16(19(15)31-23)11-29-20(14)30/h7,12-13,18H,5-6,8-11H2,1-4H3,(H,29,30)/t12-,13?,18-,22+,23-/m0/s1. The van der Waals surface area contributed by atoms with Crippen molar-refractivity contribution in [1.82, 2.24) is 5.32 Å². The minimum Gasteiger partial charge on any atom is -0.486 e. The molecule has 1 amide bonds. The highest BCUT2D eigenvalue weighted by molar-refractivity contribution is 9.09. The number of fused-ring (bicyclic) bond motifs is 3. The number of carbonyl (C=O) groups is 1. The summed E-state index contributed by atoms with van der Waals surface area (Å²) in [5.41, 5.74) is -0.752. The van der Waals surface area contributed by atoms with Crippen LogP contribution in [-0.2, 0) is 19.1 Å². The fourth-order valence-corrected chi connectivity index (χ4v) is 8.65. The van der Waals surface area contributed by atoms with Gasteiger partial charge in [-0.25, -0.2) is 0 Å². The Balaban J connectivity index is 1.78. The van der Waals surface area contributed by atoms with Crippen molar-refractivity contribution in [3.8, 4) is 5.75 Å². The first-order valence-electron chi connectivity index (χ1n) is 11.2. The lowest BCUT2D eigenvalue weighted by atomic mass is 9.44. The lowest BCUT2D eigenvalue weighted by Gasteiger charge is -2.67. The summed E-state index contributed by atoms with van der Waals surface area (Å²) < 4.78 is 49.3. The zero-order chi connectivity index (χ0) is 22.6. The Morgan fingerprint density at radius 3 is 2.55 bits per heavy atom. The van der Waals surface area contributed by atoms with Gasteiger partial charge in [0.2, 0.25) is 0 Å². The Kier molecular flexibility index (Phi) is 4.47. The molecule has 3 nitrogen and oxygen atoms in total. The van der Waals surface area contributed by atoms with Gasteiger partial charge in [-0.15, -0.1) is 0 Å². The summed E-state index contributed by atoms with van der Waals surface area (Å²) in [5, 5.41) is 2.70. The number of alkyl halides is 4. The molecule has 170 valence electrons. The highest BCUT2D eigenvalue weighted by atomic mass is 79.9. The normalized spacial score (nSPS) is 38.3. The third-order valence-corrected chi connectivity index (χ3v) is 9.66. The van der Waals surface area contributed by atoms with Gasteiger partial charge in [0.15, 0.2) is 0 Å². The zero-order valence-corrected chi connectivity index (χ0v) is 20.0. The van der Waals surface area contributed by atoms with E-state index in [9.17, 15) is 18.0 Å². The van der Waals surface area contributed by atoms with Gasteiger partial charge in [0.05, 0.1) is 5.56 Å². The van der Waals surface area contributed by atoms with Crippen molar-refractivity contribution in [3.05, 3.63) is 28.3 Å². The molecule has 1 aromatic rings. The summed E-state index contributed by atoms with van der Waals surface area (Å²) >= 11 is 3.86. The number of rotatable bonds is 0. The molecule has 1 unspecified atom stereocenters. The van der Waals surface area contributed by atoms with Crippen molar-refractivity contribution in [2.45, 2.75) is 82.9 Å². The molecule has 2 aliphatic heterocycles. The third kappa shape index (κ3) is 2.80. The van der Waals surface area contributed by atoms with Crippen molar-refractivity contribution in [2.24, 2.45) is 22.7 Å². The molecular formula is C24H29BrF3NO2. The van der Waals surface area contributed by atoms with Gasteiger partial charge in [-0.1, -0.05) is 43.6 Å². The van der Waals surface area contributed by atoms with Crippen LogP contribution in [0.2, 0.25) is 0 Å². The summed E-state index contributed by atoms with van der Waals surface area (Å²) in [4.78, 5) is 12.6. The fourth-order valence-electron chi connectivity index (χ4n) is 7.34. The van der Waals surface area contributed by atoms with Crippen molar-refractivity contribution < 1.29 is 22.7 Å². The number of amides is 1. The summed E-state index contributed by atoms with van der Waals surface area (Å²) in [5.74, 6) is 0.351. The van der Waals surface area contributed by atoms with Crippen LogP contribution in [-0.4, -0.2) is 16.3 Å². The second-order valence-corrected chi connectivity index (χ2v) is 12.3. The van der Waals surface area contributed by atoms with Gasteiger partial charge >= 0.3 is 6.18 Å². The maximum absolute atomic E-state index is 14.1. The molecule has 2 fully saturated rings. The van der Waals surface area contributed by atoms with E-state index in [4.69, 9.17) is 4.74 Å². The Bertz CT molecular complexity index is 975. The van der Waals surface area contributed by atoms with Crippen molar-refractivity contribution in [2.75, 3.05) is 0 Å². The predicted molar refractivity (Wildman–Crippen MR) is 115 cm³/mol. The van der Waals surface area contributed by atoms with E-state index in [1.807, 2.05) is 0 Å². The smallest absolute Gasteiger partial charge is 0.416 e. The molecule has 0 saturated heterocycles. The van der Waals surface area contributed by atoms with Crippen LogP contribution in [0.1, 0.15) is 80.4 Å². The Labute approximate surface area is 189 Å². The molecule has 0 aromatic heterocycles. The SMILES string of the molecule is C[C@H]1CC[C@H]2C(C)(C)CC(Br)C[C@]23Oc2c4c(cc(C(F)(F)F)c2C[C@]13C)C(=O)NC4. The van der Waals surface area contributed by atoms with Gasteiger partial charge in [0.1, 0.15) is 11.4 Å². The number of ether oxygens (including phenoxy) is 1. The van der Waals surface area contributed by atoms with Crippen LogP contribution in [0.25, 0.3) is 0 Å². The van der Waals surface area contributed by atoms with Gasteiger partial charge in [0, 0.05) is 45.8 Å². The van der Waals surface area contributed by atoms with Gasteiger partial charge in [-0.3, -0.25) is 4.79 Å². The molecule has 0 radical (unpaired) electrons. The predicted octanol–water partition coefficient (Wildman–Crippen LogP) is 6.26. The highest BCUT2D eigenvalue weighted by Crippen LogP contribution is 2.67. The summed E-state index contributed by atoms with van der Waals surface area (Å²) in [6.07, 6.45) is -0.421. The Hall–Kier alpha value is -1.24. The van der Waals surface area contributed by atoms with E-state index in [0.717, 1.165) is 31.7 Å². The molecule has 2 saturated carbocycles. The van der Waals surface area contributed by atoms with Crippen LogP contribution in [0, 0.1) is 22.7 Å². The van der Waals surface area contributed by atoms with Crippen LogP contribution < -0.4 is 10.1 Å². The van der Waals surface area contributed by atoms with Crippen LogP contribution in [0.15, 0.2) is 6.07 Å². The lowest BCUT2D eigenvalue weighted by molar-refractivity contribution is -0.210. The van der Waals surface area contributed by atoms with E-state index in [2.05, 4.69) is 48.9 Å². The van der Waals surface area contributed by atoms with E-state index >= 15 is 0 Å². The van der Waals surface area contributed by atoms with E-state index in [0.29, 0.717) is 17.7 Å². The Morgan fingerprint density at radius 1 is 1.16 bits per heavy atom. The maximum Gasteiger partial charge on any atom is 0.416 e. The first kappa shape index (κ1) is 21.6. The monoisotopic (exact) mass is 499 g/mol. The molecule has 2 heterocycles. The van der Waals surface area contributed by atoms with E-state index in [1.165, 1.54) is 0 Å². The van der Waals surface area contributed by atoms with Gasteiger partial charge in [-0.05, 0) is 43.1 Å². The second kappa shape index (κ2) is 6.42. The average Bonchev–Trinajstić information content (AvgIpc) is 3.00. The number of halogens is 4. The summed E-state index contributed by atoms with van der Waals surface area (Å²) in [6, 6.07) is 1.05. The number of carbonyl (C=O) groups excluding carboxylic acids is 1. The van der Waals surface area contributed by atoms with E-state index in [1.54, 1.807) is 0 Å². The van der Waals surface area contributed by atoms with Crippen molar-refractivity contribution >= 4 is 21.8 Å². The van der Waals surface area contributed by atoms with Crippen molar-refractivity contribution in [1.29, 1.82) is 0 Å². The lowest BCUT2D eigenvalue weighted by Crippen LogP contribution is -2.69. The molecule has 1 N–H and O–H groups in total. The molecule has 31 heavy (non-hydrogen) atoms. The number of benzene rings is 1. The quantitative estimate of drug-likeness (QED) is 0.428. The number of hydrogen-bond acceptors (Lipinski definition) is 2. The van der Waals surface area contributed by atoms with Crippen LogP contribution in [0.3, 0.4) is 0 Å². The molecule has 0 bridgehead atoms. The first-order valence-corrected chi connectivity index (χ1v) is 12.1. The molecule has 4 aliphatic rings. The van der Waals surface area contributed by atoms with Gasteiger partial charge < -0.3 is 10.1 Å². The topological polar surface area (TPSA) is 38.3 Å². The zero-order valence-electron chi connectivity index (χ0n) is 18.4.